The number of hydrogen-bond donors (Lipinski definition) is 0. The summed E-state index contributed by atoms with van der Waals surface area (Å²) in [7, 11) is -1.82. The summed E-state index contributed by atoms with van der Waals surface area (Å²) < 4.78 is 28.1. The lowest BCUT2D eigenvalue weighted by Gasteiger charge is -2.32. The van der Waals surface area contributed by atoms with Crippen molar-refractivity contribution in [1.82, 2.24) is 4.31 Å². The van der Waals surface area contributed by atoms with Crippen LogP contribution in [0.3, 0.4) is 0 Å². The number of nitrogens with zero attached hydrogens (tertiary/aromatic N) is 1. The first-order valence-corrected chi connectivity index (χ1v) is 9.55. The van der Waals surface area contributed by atoms with Gasteiger partial charge in [-0.05, 0) is 48.6 Å². The van der Waals surface area contributed by atoms with Crippen molar-refractivity contribution >= 4 is 26.0 Å². The molecular weight excluding hydrogens is 362 g/mol. The minimum atomic E-state index is -3.50. The number of aryl methyl sites for hydroxylation is 1. The van der Waals surface area contributed by atoms with E-state index in [-0.39, 0.29) is 6.04 Å². The van der Waals surface area contributed by atoms with E-state index in [1.54, 1.807) is 25.2 Å². The Labute approximate surface area is 140 Å². The SMILES string of the molecule is CN(C1CCCc2ccccc21)S(=O)(=O)c1cccc(Br)c1. The molecule has 0 saturated carbocycles. The van der Waals surface area contributed by atoms with Gasteiger partial charge in [-0.1, -0.05) is 46.3 Å². The average molecular weight is 380 g/mol. The van der Waals surface area contributed by atoms with Gasteiger partial charge in [0, 0.05) is 17.6 Å². The van der Waals surface area contributed by atoms with Crippen LogP contribution in [0.25, 0.3) is 0 Å². The molecule has 2 aromatic carbocycles. The Hall–Kier alpha value is -1.17. The van der Waals surface area contributed by atoms with E-state index in [0.717, 1.165) is 29.3 Å². The fourth-order valence-electron chi connectivity index (χ4n) is 3.07. The van der Waals surface area contributed by atoms with E-state index in [1.165, 1.54) is 9.87 Å². The summed E-state index contributed by atoms with van der Waals surface area (Å²) in [5.74, 6) is 0. The third-order valence-corrected chi connectivity index (χ3v) is 6.61. The van der Waals surface area contributed by atoms with Gasteiger partial charge < -0.3 is 0 Å². The molecule has 3 nitrogen and oxygen atoms in total. The van der Waals surface area contributed by atoms with Crippen molar-refractivity contribution in [2.24, 2.45) is 0 Å². The molecule has 0 radical (unpaired) electrons. The smallest absolute Gasteiger partial charge is 0.207 e. The molecular formula is C17H18BrNO2S. The molecule has 0 N–H and O–H groups in total. The first-order chi connectivity index (χ1) is 10.5. The van der Waals surface area contributed by atoms with Crippen LogP contribution in [0, 0.1) is 0 Å². The lowest BCUT2D eigenvalue weighted by Crippen LogP contribution is -2.33. The Balaban J connectivity index is 1.99. The molecule has 22 heavy (non-hydrogen) atoms. The molecule has 0 aliphatic heterocycles. The van der Waals surface area contributed by atoms with E-state index in [0.29, 0.717) is 4.90 Å². The van der Waals surface area contributed by atoms with Crippen molar-refractivity contribution in [1.29, 1.82) is 0 Å². The van der Waals surface area contributed by atoms with Crippen LogP contribution in [-0.4, -0.2) is 19.8 Å². The number of sulfonamides is 1. The summed E-state index contributed by atoms with van der Waals surface area (Å²) in [6.45, 7) is 0. The molecule has 0 amide bonds. The Morgan fingerprint density at radius 3 is 2.68 bits per heavy atom. The summed E-state index contributed by atoms with van der Waals surface area (Å²) in [6, 6.07) is 14.9. The quantitative estimate of drug-likeness (QED) is 0.803. The van der Waals surface area contributed by atoms with Crippen molar-refractivity contribution in [2.75, 3.05) is 7.05 Å². The molecule has 0 spiro atoms. The lowest BCUT2D eigenvalue weighted by molar-refractivity contribution is 0.337. The second-order valence-corrected chi connectivity index (χ2v) is 8.50. The highest BCUT2D eigenvalue weighted by Crippen LogP contribution is 2.36. The maximum atomic E-state index is 12.9. The van der Waals surface area contributed by atoms with Crippen molar-refractivity contribution in [3.8, 4) is 0 Å². The highest BCUT2D eigenvalue weighted by molar-refractivity contribution is 9.10. The normalized spacial score (nSPS) is 18.2. The van der Waals surface area contributed by atoms with Gasteiger partial charge in [0.25, 0.3) is 0 Å². The molecule has 0 aromatic heterocycles. The minimum Gasteiger partial charge on any atom is -0.207 e. The predicted octanol–water partition coefficient (Wildman–Crippen LogP) is 4.15. The molecule has 0 fully saturated rings. The zero-order valence-corrected chi connectivity index (χ0v) is 14.8. The lowest BCUT2D eigenvalue weighted by atomic mass is 9.88. The molecule has 1 aliphatic rings. The molecule has 0 heterocycles. The largest absolute Gasteiger partial charge is 0.243 e. The zero-order valence-electron chi connectivity index (χ0n) is 12.4. The zero-order chi connectivity index (χ0) is 15.7. The topological polar surface area (TPSA) is 37.4 Å². The first kappa shape index (κ1) is 15.7. The Bertz CT molecular complexity index is 789. The molecule has 1 atom stereocenters. The second-order valence-electron chi connectivity index (χ2n) is 5.59. The molecule has 116 valence electrons. The van der Waals surface area contributed by atoms with Gasteiger partial charge in [0.1, 0.15) is 0 Å². The van der Waals surface area contributed by atoms with Crippen LogP contribution in [0.5, 0.6) is 0 Å². The Morgan fingerprint density at radius 1 is 1.14 bits per heavy atom. The van der Waals surface area contributed by atoms with Gasteiger partial charge in [-0.3, -0.25) is 0 Å². The van der Waals surface area contributed by atoms with Crippen molar-refractivity contribution < 1.29 is 8.42 Å². The summed E-state index contributed by atoms with van der Waals surface area (Å²) in [4.78, 5) is 0.326. The number of fused-ring (bicyclic) bond motifs is 1. The number of rotatable bonds is 3. The van der Waals surface area contributed by atoms with Gasteiger partial charge in [-0.2, -0.15) is 4.31 Å². The van der Waals surface area contributed by atoms with Crippen LogP contribution in [-0.2, 0) is 16.4 Å². The fourth-order valence-corrected chi connectivity index (χ4v) is 5.03. The second kappa shape index (κ2) is 6.14. The minimum absolute atomic E-state index is 0.0890. The van der Waals surface area contributed by atoms with Gasteiger partial charge in [-0.15, -0.1) is 0 Å². The Kier molecular flexibility index (Phi) is 4.39. The monoisotopic (exact) mass is 379 g/mol. The van der Waals surface area contributed by atoms with Gasteiger partial charge >= 0.3 is 0 Å². The maximum absolute atomic E-state index is 12.9. The van der Waals surface area contributed by atoms with E-state index < -0.39 is 10.0 Å². The van der Waals surface area contributed by atoms with Crippen molar-refractivity contribution in [3.63, 3.8) is 0 Å². The van der Waals surface area contributed by atoms with E-state index >= 15 is 0 Å². The van der Waals surface area contributed by atoms with E-state index in [2.05, 4.69) is 22.0 Å². The molecule has 5 heteroatoms. The molecule has 1 unspecified atom stereocenters. The van der Waals surface area contributed by atoms with Crippen LogP contribution < -0.4 is 0 Å². The number of halogens is 1. The summed E-state index contributed by atoms with van der Waals surface area (Å²) in [5.41, 5.74) is 2.39. The molecule has 3 rings (SSSR count). The van der Waals surface area contributed by atoms with Crippen LogP contribution in [0.4, 0.5) is 0 Å². The van der Waals surface area contributed by atoms with Gasteiger partial charge in [-0.25, -0.2) is 8.42 Å². The number of benzene rings is 2. The van der Waals surface area contributed by atoms with Crippen LogP contribution >= 0.6 is 15.9 Å². The van der Waals surface area contributed by atoms with Crippen molar-refractivity contribution in [2.45, 2.75) is 30.2 Å². The van der Waals surface area contributed by atoms with E-state index in [9.17, 15) is 8.42 Å². The molecule has 1 aliphatic carbocycles. The van der Waals surface area contributed by atoms with Gasteiger partial charge in [0.2, 0.25) is 10.0 Å². The first-order valence-electron chi connectivity index (χ1n) is 7.31. The molecule has 2 aromatic rings. The summed E-state index contributed by atoms with van der Waals surface area (Å²) in [5, 5.41) is 0. The van der Waals surface area contributed by atoms with Gasteiger partial charge in [0.15, 0.2) is 0 Å². The van der Waals surface area contributed by atoms with E-state index in [4.69, 9.17) is 0 Å². The Morgan fingerprint density at radius 2 is 1.91 bits per heavy atom. The number of hydrogen-bond acceptors (Lipinski definition) is 2. The van der Waals surface area contributed by atoms with Crippen LogP contribution in [0.2, 0.25) is 0 Å². The molecule has 0 bridgehead atoms. The summed E-state index contributed by atoms with van der Waals surface area (Å²) in [6.07, 6.45) is 2.90. The summed E-state index contributed by atoms with van der Waals surface area (Å²) >= 11 is 3.34. The highest BCUT2D eigenvalue weighted by Gasteiger charge is 2.31. The third kappa shape index (κ3) is 2.85. The maximum Gasteiger partial charge on any atom is 0.243 e. The van der Waals surface area contributed by atoms with E-state index in [1.807, 2.05) is 24.3 Å². The third-order valence-electron chi connectivity index (χ3n) is 4.25. The van der Waals surface area contributed by atoms with Crippen LogP contribution in [0.1, 0.15) is 30.0 Å². The van der Waals surface area contributed by atoms with Crippen molar-refractivity contribution in [3.05, 3.63) is 64.1 Å². The van der Waals surface area contributed by atoms with Crippen LogP contribution in [0.15, 0.2) is 57.9 Å². The average Bonchev–Trinajstić information content (AvgIpc) is 2.53. The highest BCUT2D eigenvalue weighted by atomic mass is 79.9. The fraction of sp³-hybridized carbons (Fsp3) is 0.294. The standard InChI is InChI=1S/C17H18BrNO2S/c1-19(22(20,21)15-9-5-8-14(18)12-15)17-11-4-7-13-6-2-3-10-16(13)17/h2-3,5-6,8-10,12,17H,4,7,11H2,1H3. The molecule has 0 saturated heterocycles. The predicted molar refractivity (Wildman–Crippen MR) is 91.2 cm³/mol. The van der Waals surface area contributed by atoms with Gasteiger partial charge in [0.05, 0.1) is 4.90 Å².